The predicted molar refractivity (Wildman–Crippen MR) is 145 cm³/mol. The van der Waals surface area contributed by atoms with Crippen molar-refractivity contribution in [2.45, 2.75) is 19.6 Å². The third-order valence-electron chi connectivity index (χ3n) is 6.05. The Hall–Kier alpha value is -4.92. The average Bonchev–Trinajstić information content (AvgIpc) is 2.92. The standard InChI is InChI=1S/C28H27N7O2/c1-18(35(2)28-31-16-24-25(29)32-27(30)33-26(24)34-28)20-8-10-22(11-9-20)37-23-14-12-21(13-15-23)36-17-19-6-4-3-5-7-19/h3-16,18H,17H2,1-2H3,(H4,29,30,31,32,33,34). The van der Waals surface area contributed by atoms with Crippen molar-refractivity contribution >= 4 is 28.7 Å². The number of hydrogen-bond donors (Lipinski definition) is 2. The van der Waals surface area contributed by atoms with Gasteiger partial charge in [-0.2, -0.15) is 15.0 Å². The maximum absolute atomic E-state index is 6.01. The summed E-state index contributed by atoms with van der Waals surface area (Å²) in [6.45, 7) is 2.59. The summed E-state index contributed by atoms with van der Waals surface area (Å²) >= 11 is 0. The summed E-state index contributed by atoms with van der Waals surface area (Å²) in [4.78, 5) is 19.0. The first kappa shape index (κ1) is 23.8. The largest absolute Gasteiger partial charge is 0.489 e. The fraction of sp³-hybridized carbons (Fsp3) is 0.143. The highest BCUT2D eigenvalue weighted by atomic mass is 16.5. The lowest BCUT2D eigenvalue weighted by Crippen LogP contribution is -2.23. The van der Waals surface area contributed by atoms with Gasteiger partial charge in [0.15, 0.2) is 5.65 Å². The quantitative estimate of drug-likeness (QED) is 0.302. The van der Waals surface area contributed by atoms with Crippen molar-refractivity contribution in [1.82, 2.24) is 19.9 Å². The Morgan fingerprint density at radius 3 is 2.16 bits per heavy atom. The van der Waals surface area contributed by atoms with E-state index in [9.17, 15) is 0 Å². The molecule has 0 radical (unpaired) electrons. The number of nitrogens with two attached hydrogens (primary N) is 2. The Morgan fingerprint density at radius 1 is 0.811 bits per heavy atom. The molecule has 1 unspecified atom stereocenters. The minimum absolute atomic E-state index is 0.0101. The highest BCUT2D eigenvalue weighted by molar-refractivity contribution is 5.85. The maximum Gasteiger partial charge on any atom is 0.227 e. The summed E-state index contributed by atoms with van der Waals surface area (Å²) in [6.07, 6.45) is 1.62. The van der Waals surface area contributed by atoms with Crippen LogP contribution >= 0.6 is 0 Å². The molecule has 2 aromatic heterocycles. The van der Waals surface area contributed by atoms with Crippen molar-refractivity contribution in [3.63, 3.8) is 0 Å². The molecule has 186 valence electrons. The molecule has 3 aromatic carbocycles. The summed E-state index contributed by atoms with van der Waals surface area (Å²) in [5.74, 6) is 3.10. The molecule has 0 aliphatic carbocycles. The minimum atomic E-state index is -0.0101. The number of anilines is 3. The van der Waals surface area contributed by atoms with Crippen molar-refractivity contribution in [2.75, 3.05) is 23.4 Å². The van der Waals surface area contributed by atoms with E-state index < -0.39 is 0 Å². The van der Waals surface area contributed by atoms with E-state index in [0.717, 1.165) is 28.4 Å². The molecular weight excluding hydrogens is 466 g/mol. The monoisotopic (exact) mass is 493 g/mol. The van der Waals surface area contributed by atoms with Crippen LogP contribution < -0.4 is 25.8 Å². The summed E-state index contributed by atoms with van der Waals surface area (Å²) in [6, 6.07) is 25.6. The van der Waals surface area contributed by atoms with Crippen molar-refractivity contribution in [1.29, 1.82) is 0 Å². The number of rotatable bonds is 8. The van der Waals surface area contributed by atoms with Gasteiger partial charge in [0, 0.05) is 13.2 Å². The second-order valence-electron chi connectivity index (χ2n) is 8.58. The highest BCUT2D eigenvalue weighted by Crippen LogP contribution is 2.29. The molecular formula is C28H27N7O2. The molecule has 9 nitrogen and oxygen atoms in total. The van der Waals surface area contributed by atoms with E-state index in [1.165, 1.54) is 0 Å². The Bertz CT molecular complexity index is 1490. The molecule has 0 spiro atoms. The van der Waals surface area contributed by atoms with Gasteiger partial charge in [-0.25, -0.2) is 4.98 Å². The Balaban J connectivity index is 1.22. The zero-order chi connectivity index (χ0) is 25.8. The van der Waals surface area contributed by atoms with Gasteiger partial charge < -0.3 is 25.8 Å². The Morgan fingerprint density at radius 2 is 1.46 bits per heavy atom. The third kappa shape index (κ3) is 5.51. The van der Waals surface area contributed by atoms with Crippen molar-refractivity contribution < 1.29 is 9.47 Å². The van der Waals surface area contributed by atoms with Crippen molar-refractivity contribution in [2.24, 2.45) is 0 Å². The average molecular weight is 494 g/mol. The summed E-state index contributed by atoms with van der Waals surface area (Å²) < 4.78 is 11.9. The van der Waals surface area contributed by atoms with Crippen LogP contribution in [0.4, 0.5) is 17.7 Å². The van der Waals surface area contributed by atoms with Crippen LogP contribution in [-0.4, -0.2) is 27.0 Å². The van der Waals surface area contributed by atoms with E-state index >= 15 is 0 Å². The SMILES string of the molecule is CC(c1ccc(Oc2ccc(OCc3ccccc3)cc2)cc1)N(C)c1ncc2c(N)nc(N)nc2n1. The molecule has 37 heavy (non-hydrogen) atoms. The molecule has 0 bridgehead atoms. The maximum atomic E-state index is 6.01. The number of hydrogen-bond acceptors (Lipinski definition) is 9. The van der Waals surface area contributed by atoms with Crippen LogP contribution in [0.3, 0.4) is 0 Å². The second-order valence-corrected chi connectivity index (χ2v) is 8.58. The smallest absolute Gasteiger partial charge is 0.227 e. The number of aromatic nitrogens is 4. The molecule has 0 fully saturated rings. The zero-order valence-corrected chi connectivity index (χ0v) is 20.6. The van der Waals surface area contributed by atoms with Crippen LogP contribution in [0.25, 0.3) is 11.0 Å². The van der Waals surface area contributed by atoms with Crippen LogP contribution in [0, 0.1) is 0 Å². The topological polar surface area (TPSA) is 125 Å². The first-order chi connectivity index (χ1) is 18.0. The fourth-order valence-corrected chi connectivity index (χ4v) is 3.81. The van der Waals surface area contributed by atoms with Gasteiger partial charge >= 0.3 is 0 Å². The van der Waals surface area contributed by atoms with Gasteiger partial charge in [-0.15, -0.1) is 0 Å². The first-order valence-corrected chi connectivity index (χ1v) is 11.8. The minimum Gasteiger partial charge on any atom is -0.489 e. The molecule has 0 aliphatic rings. The Kier molecular flexibility index (Phi) is 6.67. The molecule has 2 heterocycles. The molecule has 0 amide bonds. The summed E-state index contributed by atoms with van der Waals surface area (Å²) in [7, 11) is 1.92. The lowest BCUT2D eigenvalue weighted by molar-refractivity contribution is 0.306. The molecule has 9 heteroatoms. The van der Waals surface area contributed by atoms with Gasteiger partial charge in [-0.3, -0.25) is 0 Å². The van der Waals surface area contributed by atoms with Crippen LogP contribution in [0.1, 0.15) is 24.1 Å². The Labute approximate surface area is 214 Å². The molecule has 5 rings (SSSR count). The number of benzene rings is 3. The van der Waals surface area contributed by atoms with Crippen LogP contribution in [0.2, 0.25) is 0 Å². The lowest BCUT2D eigenvalue weighted by atomic mass is 10.1. The zero-order valence-electron chi connectivity index (χ0n) is 20.6. The van der Waals surface area contributed by atoms with E-state index in [4.69, 9.17) is 20.9 Å². The molecule has 0 saturated carbocycles. The van der Waals surface area contributed by atoms with Crippen LogP contribution in [0.5, 0.6) is 17.2 Å². The van der Waals surface area contributed by atoms with E-state index in [2.05, 4.69) is 26.9 Å². The molecule has 5 aromatic rings. The van der Waals surface area contributed by atoms with Crippen molar-refractivity contribution in [3.8, 4) is 17.2 Å². The van der Waals surface area contributed by atoms with Gasteiger partial charge in [0.25, 0.3) is 0 Å². The molecule has 4 N–H and O–H groups in total. The third-order valence-corrected chi connectivity index (χ3v) is 6.05. The normalized spacial score (nSPS) is 11.7. The number of fused-ring (bicyclic) bond motifs is 1. The van der Waals surface area contributed by atoms with Gasteiger partial charge in [0.2, 0.25) is 11.9 Å². The van der Waals surface area contributed by atoms with Gasteiger partial charge in [0.1, 0.15) is 29.7 Å². The van der Waals surface area contributed by atoms with E-state index in [0.29, 0.717) is 23.6 Å². The number of nitrogen functional groups attached to an aromatic ring is 2. The first-order valence-electron chi connectivity index (χ1n) is 11.8. The summed E-state index contributed by atoms with van der Waals surface area (Å²) in [5, 5.41) is 0.566. The molecule has 0 aliphatic heterocycles. The number of ether oxygens (including phenoxy) is 2. The summed E-state index contributed by atoms with van der Waals surface area (Å²) in [5.41, 5.74) is 14.2. The van der Waals surface area contributed by atoms with E-state index in [1.807, 2.05) is 90.8 Å². The number of nitrogens with zero attached hydrogens (tertiary/aromatic N) is 5. The molecule has 0 saturated heterocycles. The van der Waals surface area contributed by atoms with Gasteiger partial charge in [0.05, 0.1) is 11.4 Å². The molecule has 1 atom stereocenters. The van der Waals surface area contributed by atoms with E-state index in [-0.39, 0.29) is 17.8 Å². The predicted octanol–water partition coefficient (Wildman–Crippen LogP) is 5.15. The van der Waals surface area contributed by atoms with Crippen LogP contribution in [0.15, 0.2) is 85.1 Å². The van der Waals surface area contributed by atoms with Gasteiger partial charge in [-0.05, 0) is 54.4 Å². The van der Waals surface area contributed by atoms with Crippen molar-refractivity contribution in [3.05, 3.63) is 96.2 Å². The highest BCUT2D eigenvalue weighted by Gasteiger charge is 2.17. The fourth-order valence-electron chi connectivity index (χ4n) is 3.81. The van der Waals surface area contributed by atoms with Crippen LogP contribution in [-0.2, 0) is 6.61 Å². The van der Waals surface area contributed by atoms with E-state index in [1.54, 1.807) is 6.20 Å². The van der Waals surface area contributed by atoms with Gasteiger partial charge in [-0.1, -0.05) is 42.5 Å². The second kappa shape index (κ2) is 10.4. The lowest BCUT2D eigenvalue weighted by Gasteiger charge is -2.25.